The van der Waals surface area contributed by atoms with Crippen LogP contribution in [0.15, 0.2) is 16.6 Å². The van der Waals surface area contributed by atoms with E-state index in [4.69, 9.17) is 5.73 Å². The maximum Gasteiger partial charge on any atom is 0.256 e. The maximum absolute atomic E-state index is 11.9. The molecule has 2 N–H and O–H groups in total. The summed E-state index contributed by atoms with van der Waals surface area (Å²) in [6, 6.07) is 3.76. The molecule has 0 saturated carbocycles. The smallest absolute Gasteiger partial charge is 0.256 e. The van der Waals surface area contributed by atoms with E-state index in [2.05, 4.69) is 22.9 Å². The number of nitrogens with zero attached hydrogens (tertiary/aromatic N) is 1. The Balaban J connectivity index is 2.41. The van der Waals surface area contributed by atoms with Gasteiger partial charge in [-0.25, -0.2) is 0 Å². The molecule has 0 radical (unpaired) electrons. The standard InChI is InChI=1S/C11H13BrN2O/c1-2-3-14-6-7-4-8(12)5-9(13)10(7)11(14)15/h4-5H,2-3,6,13H2,1H3. The topological polar surface area (TPSA) is 46.3 Å². The summed E-state index contributed by atoms with van der Waals surface area (Å²) < 4.78 is 0.935. The van der Waals surface area contributed by atoms with Gasteiger partial charge in [0.1, 0.15) is 0 Å². The largest absolute Gasteiger partial charge is 0.398 e. The molecule has 1 heterocycles. The summed E-state index contributed by atoms with van der Waals surface area (Å²) in [4.78, 5) is 13.8. The van der Waals surface area contributed by atoms with Crippen molar-refractivity contribution < 1.29 is 4.79 Å². The van der Waals surface area contributed by atoms with Crippen molar-refractivity contribution in [3.8, 4) is 0 Å². The first-order chi connectivity index (χ1) is 7.13. The Bertz CT molecular complexity index is 417. The monoisotopic (exact) mass is 268 g/mol. The van der Waals surface area contributed by atoms with Crippen LogP contribution in [0.25, 0.3) is 0 Å². The van der Waals surface area contributed by atoms with Gasteiger partial charge in [0.05, 0.1) is 5.56 Å². The van der Waals surface area contributed by atoms with Crippen molar-refractivity contribution in [2.24, 2.45) is 0 Å². The molecule has 0 spiro atoms. The fraction of sp³-hybridized carbons (Fsp3) is 0.364. The molecule has 4 heteroatoms. The Morgan fingerprint density at radius 1 is 1.53 bits per heavy atom. The molecule has 0 aromatic heterocycles. The van der Waals surface area contributed by atoms with Gasteiger partial charge in [0.15, 0.2) is 0 Å². The summed E-state index contributed by atoms with van der Waals surface area (Å²) in [6.07, 6.45) is 0.973. The lowest BCUT2D eigenvalue weighted by Crippen LogP contribution is -2.24. The minimum absolute atomic E-state index is 0.0665. The zero-order valence-electron chi connectivity index (χ0n) is 8.59. The number of nitrogens with two attached hydrogens (primary N) is 1. The first-order valence-corrected chi connectivity index (χ1v) is 5.80. The molecule has 0 saturated heterocycles. The fourth-order valence-corrected chi connectivity index (χ4v) is 2.48. The second-order valence-corrected chi connectivity index (χ2v) is 4.67. The van der Waals surface area contributed by atoms with Crippen molar-refractivity contribution in [2.45, 2.75) is 19.9 Å². The van der Waals surface area contributed by atoms with Gasteiger partial charge in [-0.3, -0.25) is 4.79 Å². The van der Waals surface area contributed by atoms with Crippen LogP contribution in [-0.2, 0) is 6.54 Å². The number of halogens is 1. The third-order valence-corrected chi connectivity index (χ3v) is 3.03. The summed E-state index contributed by atoms with van der Waals surface area (Å²) in [5, 5.41) is 0. The third kappa shape index (κ3) is 1.74. The van der Waals surface area contributed by atoms with E-state index >= 15 is 0 Å². The number of nitrogen functional groups attached to an aromatic ring is 1. The number of hydrogen-bond acceptors (Lipinski definition) is 2. The average Bonchev–Trinajstić information content (AvgIpc) is 2.43. The Hall–Kier alpha value is -1.03. The van der Waals surface area contributed by atoms with Crippen LogP contribution in [0.5, 0.6) is 0 Å². The van der Waals surface area contributed by atoms with E-state index < -0.39 is 0 Å². The van der Waals surface area contributed by atoms with Gasteiger partial charge < -0.3 is 10.6 Å². The number of rotatable bonds is 2. The van der Waals surface area contributed by atoms with Crippen LogP contribution in [0.2, 0.25) is 0 Å². The predicted molar refractivity (Wildman–Crippen MR) is 63.6 cm³/mol. The first-order valence-electron chi connectivity index (χ1n) is 5.00. The van der Waals surface area contributed by atoms with Gasteiger partial charge in [0, 0.05) is 23.2 Å². The van der Waals surface area contributed by atoms with E-state index in [-0.39, 0.29) is 5.91 Å². The van der Waals surface area contributed by atoms with Crippen molar-refractivity contribution in [1.29, 1.82) is 0 Å². The van der Waals surface area contributed by atoms with Crippen LogP contribution >= 0.6 is 15.9 Å². The first kappa shape index (κ1) is 10.5. The molecule has 0 unspecified atom stereocenters. The van der Waals surface area contributed by atoms with Gasteiger partial charge in [-0.05, 0) is 24.1 Å². The third-order valence-electron chi connectivity index (χ3n) is 2.57. The van der Waals surface area contributed by atoms with Crippen LogP contribution in [0, 0.1) is 0 Å². The Morgan fingerprint density at radius 3 is 2.93 bits per heavy atom. The number of carbonyl (C=O) groups excluding carboxylic acids is 1. The SMILES string of the molecule is CCCN1Cc2cc(Br)cc(N)c2C1=O. The molecule has 80 valence electrons. The van der Waals surface area contributed by atoms with E-state index in [0.29, 0.717) is 17.8 Å². The number of amides is 1. The van der Waals surface area contributed by atoms with E-state index in [9.17, 15) is 4.79 Å². The average molecular weight is 269 g/mol. The van der Waals surface area contributed by atoms with Crippen molar-refractivity contribution >= 4 is 27.5 Å². The highest BCUT2D eigenvalue weighted by Gasteiger charge is 2.28. The molecule has 0 aliphatic carbocycles. The van der Waals surface area contributed by atoms with Crippen molar-refractivity contribution in [1.82, 2.24) is 4.90 Å². The quantitative estimate of drug-likeness (QED) is 0.838. The molecule has 0 atom stereocenters. The molecule has 15 heavy (non-hydrogen) atoms. The molecule has 1 aromatic carbocycles. The predicted octanol–water partition coefficient (Wildman–Crippen LogP) is 2.40. The van der Waals surface area contributed by atoms with Crippen LogP contribution in [0.3, 0.4) is 0 Å². The second kappa shape index (κ2) is 3.85. The number of benzene rings is 1. The van der Waals surface area contributed by atoms with Gasteiger partial charge in [-0.15, -0.1) is 0 Å². The summed E-state index contributed by atoms with van der Waals surface area (Å²) in [6.45, 7) is 3.55. The van der Waals surface area contributed by atoms with Crippen molar-refractivity contribution in [3.05, 3.63) is 27.7 Å². The fourth-order valence-electron chi connectivity index (χ4n) is 1.96. The number of fused-ring (bicyclic) bond motifs is 1. The van der Waals surface area contributed by atoms with Crippen LogP contribution in [-0.4, -0.2) is 17.4 Å². The molecule has 0 fully saturated rings. The molecule has 1 aliphatic heterocycles. The lowest BCUT2D eigenvalue weighted by atomic mass is 10.1. The van der Waals surface area contributed by atoms with Crippen LogP contribution < -0.4 is 5.73 Å². The van der Waals surface area contributed by atoms with Crippen LogP contribution in [0.4, 0.5) is 5.69 Å². The number of hydrogen-bond donors (Lipinski definition) is 1. The van der Waals surface area contributed by atoms with E-state index in [1.807, 2.05) is 11.0 Å². The lowest BCUT2D eigenvalue weighted by molar-refractivity contribution is 0.0779. The van der Waals surface area contributed by atoms with E-state index in [0.717, 1.165) is 23.0 Å². The summed E-state index contributed by atoms with van der Waals surface area (Å²) in [5.74, 6) is 0.0665. The maximum atomic E-state index is 11.9. The van der Waals surface area contributed by atoms with Gasteiger partial charge >= 0.3 is 0 Å². The minimum atomic E-state index is 0.0665. The zero-order valence-corrected chi connectivity index (χ0v) is 10.2. The normalized spacial score (nSPS) is 14.5. The van der Waals surface area contributed by atoms with Gasteiger partial charge in [0.2, 0.25) is 0 Å². The highest BCUT2D eigenvalue weighted by Crippen LogP contribution is 2.30. The van der Waals surface area contributed by atoms with Crippen LogP contribution in [0.1, 0.15) is 29.3 Å². The molecule has 2 rings (SSSR count). The highest BCUT2D eigenvalue weighted by molar-refractivity contribution is 9.10. The van der Waals surface area contributed by atoms with Gasteiger partial charge in [0.25, 0.3) is 5.91 Å². The Labute approximate surface area is 97.4 Å². The van der Waals surface area contributed by atoms with E-state index in [1.54, 1.807) is 6.07 Å². The zero-order chi connectivity index (χ0) is 11.0. The summed E-state index contributed by atoms with van der Waals surface area (Å²) in [7, 11) is 0. The second-order valence-electron chi connectivity index (χ2n) is 3.76. The molecule has 1 aromatic rings. The minimum Gasteiger partial charge on any atom is -0.398 e. The van der Waals surface area contributed by atoms with Gasteiger partial charge in [-0.1, -0.05) is 22.9 Å². The highest BCUT2D eigenvalue weighted by atomic mass is 79.9. The molecule has 1 amide bonds. The summed E-state index contributed by atoms with van der Waals surface area (Å²) in [5.41, 5.74) is 8.13. The molecule has 1 aliphatic rings. The van der Waals surface area contributed by atoms with Gasteiger partial charge in [-0.2, -0.15) is 0 Å². The molecular formula is C11H13BrN2O. The number of anilines is 1. The van der Waals surface area contributed by atoms with Crippen molar-refractivity contribution in [2.75, 3.05) is 12.3 Å². The Morgan fingerprint density at radius 2 is 2.27 bits per heavy atom. The molecular weight excluding hydrogens is 256 g/mol. The van der Waals surface area contributed by atoms with E-state index in [1.165, 1.54) is 0 Å². The number of carbonyl (C=O) groups is 1. The summed E-state index contributed by atoms with van der Waals surface area (Å²) >= 11 is 3.38. The lowest BCUT2D eigenvalue weighted by Gasteiger charge is -2.13. The van der Waals surface area contributed by atoms with Crippen molar-refractivity contribution in [3.63, 3.8) is 0 Å². The Kier molecular flexibility index (Phi) is 2.69. The molecule has 3 nitrogen and oxygen atoms in total. The molecule has 0 bridgehead atoms.